The Bertz CT molecular complexity index is 521. The highest BCUT2D eigenvalue weighted by Gasteiger charge is 2.27. The van der Waals surface area contributed by atoms with Crippen molar-refractivity contribution in [2.45, 2.75) is 58.5 Å². The topological polar surface area (TPSA) is 55.0 Å². The van der Waals surface area contributed by atoms with Crippen LogP contribution in [0.5, 0.6) is 0 Å². The van der Waals surface area contributed by atoms with Crippen LogP contribution >= 0.6 is 15.9 Å². The van der Waals surface area contributed by atoms with E-state index in [0.29, 0.717) is 22.1 Å². The van der Waals surface area contributed by atoms with Crippen molar-refractivity contribution in [1.29, 1.82) is 0 Å². The van der Waals surface area contributed by atoms with Gasteiger partial charge in [-0.3, -0.25) is 4.79 Å². The molecule has 1 saturated carbocycles. The second-order valence-corrected chi connectivity index (χ2v) is 7.16. The molecule has 1 atom stereocenters. The molecule has 1 heterocycles. The largest absolute Gasteiger partial charge is 0.373 e. The molecule has 1 aliphatic rings. The average Bonchev–Trinajstić information content (AvgIpc) is 2.45. The Kier molecular flexibility index (Phi) is 5.99. The first kappa shape index (κ1) is 16.7. The lowest BCUT2D eigenvalue weighted by Crippen LogP contribution is -2.25. The number of nitrogens with one attached hydrogen (secondary N) is 1. The second-order valence-electron chi connectivity index (χ2n) is 6.36. The summed E-state index contributed by atoms with van der Waals surface area (Å²) >= 11 is 3.36. The fourth-order valence-electron chi connectivity index (χ4n) is 3.15. The summed E-state index contributed by atoms with van der Waals surface area (Å²) in [5.74, 6) is 1.60. The van der Waals surface area contributed by atoms with Crippen molar-refractivity contribution in [2.75, 3.05) is 7.11 Å². The Morgan fingerprint density at radius 2 is 2.00 bits per heavy atom. The number of aromatic nitrogens is 2. The molecule has 118 valence electrons. The van der Waals surface area contributed by atoms with E-state index < -0.39 is 0 Å². The molecule has 0 saturated heterocycles. The van der Waals surface area contributed by atoms with Crippen LogP contribution in [0.15, 0.2) is 9.27 Å². The van der Waals surface area contributed by atoms with Crippen LogP contribution in [0.4, 0.5) is 0 Å². The summed E-state index contributed by atoms with van der Waals surface area (Å²) in [5, 5.41) is 0. The summed E-state index contributed by atoms with van der Waals surface area (Å²) in [5.41, 5.74) is 0.732. The number of methoxy groups -OCH3 is 1. The lowest BCUT2D eigenvalue weighted by atomic mass is 9.85. The number of hydrogen-bond acceptors (Lipinski definition) is 3. The maximum atomic E-state index is 12.1. The summed E-state index contributed by atoms with van der Waals surface area (Å²) < 4.78 is 6.24. The Balaban J connectivity index is 2.32. The van der Waals surface area contributed by atoms with Crippen LogP contribution in [-0.4, -0.2) is 17.1 Å². The van der Waals surface area contributed by atoms with Crippen molar-refractivity contribution in [3.05, 3.63) is 26.3 Å². The fraction of sp³-hybridized carbons (Fsp3) is 0.750. The molecular formula is C16H25BrN2O2. The molecule has 1 aromatic rings. The molecule has 1 aliphatic carbocycles. The van der Waals surface area contributed by atoms with Gasteiger partial charge >= 0.3 is 0 Å². The minimum absolute atomic E-state index is 0.1000. The van der Waals surface area contributed by atoms with Gasteiger partial charge in [-0.25, -0.2) is 4.98 Å². The number of halogens is 1. The highest BCUT2D eigenvalue weighted by Crippen LogP contribution is 2.35. The summed E-state index contributed by atoms with van der Waals surface area (Å²) in [7, 11) is 1.71. The van der Waals surface area contributed by atoms with Crippen LogP contribution in [0.25, 0.3) is 0 Å². The van der Waals surface area contributed by atoms with Gasteiger partial charge in [0.25, 0.3) is 5.56 Å². The highest BCUT2D eigenvalue weighted by molar-refractivity contribution is 9.10. The van der Waals surface area contributed by atoms with Crippen molar-refractivity contribution in [2.24, 2.45) is 11.8 Å². The number of hydrogen-bond donors (Lipinski definition) is 1. The zero-order chi connectivity index (χ0) is 15.4. The second kappa shape index (κ2) is 7.54. The molecule has 1 fully saturated rings. The first-order chi connectivity index (χ1) is 10.0. The number of ether oxygens (including phenoxy) is 1. The quantitative estimate of drug-likeness (QED) is 0.867. The summed E-state index contributed by atoms with van der Waals surface area (Å²) in [6, 6.07) is 0. The maximum absolute atomic E-state index is 12.1. The average molecular weight is 357 g/mol. The normalized spacial score (nSPS) is 18.1. The van der Waals surface area contributed by atoms with E-state index in [1.807, 2.05) is 0 Å². The molecule has 1 N–H and O–H groups in total. The number of nitrogens with zero attached hydrogens (tertiary/aromatic N) is 1. The van der Waals surface area contributed by atoms with Crippen molar-refractivity contribution in [3.8, 4) is 0 Å². The minimum Gasteiger partial charge on any atom is -0.373 e. The van der Waals surface area contributed by atoms with Crippen molar-refractivity contribution >= 4 is 15.9 Å². The third-order valence-electron chi connectivity index (χ3n) is 4.15. The molecular weight excluding hydrogens is 332 g/mol. The van der Waals surface area contributed by atoms with E-state index in [1.54, 1.807) is 7.11 Å². The molecule has 1 aromatic heterocycles. The first-order valence-electron chi connectivity index (χ1n) is 7.84. The summed E-state index contributed by atoms with van der Waals surface area (Å²) in [4.78, 5) is 19.7. The molecule has 0 aliphatic heterocycles. The van der Waals surface area contributed by atoms with Crippen molar-refractivity contribution in [3.63, 3.8) is 0 Å². The van der Waals surface area contributed by atoms with Gasteiger partial charge in [-0.2, -0.15) is 0 Å². The molecule has 4 nitrogen and oxygen atoms in total. The molecule has 0 aromatic carbocycles. The van der Waals surface area contributed by atoms with Gasteiger partial charge in [0.1, 0.15) is 16.4 Å². The van der Waals surface area contributed by atoms with E-state index in [2.05, 4.69) is 34.8 Å². The zero-order valence-corrected chi connectivity index (χ0v) is 14.7. The molecule has 2 rings (SSSR count). The molecule has 0 amide bonds. The van der Waals surface area contributed by atoms with E-state index >= 15 is 0 Å². The zero-order valence-electron chi connectivity index (χ0n) is 13.1. The van der Waals surface area contributed by atoms with E-state index in [-0.39, 0.29) is 11.7 Å². The third kappa shape index (κ3) is 4.16. The van der Waals surface area contributed by atoms with Gasteiger partial charge in [-0.1, -0.05) is 33.1 Å². The third-order valence-corrected chi connectivity index (χ3v) is 4.97. The predicted molar refractivity (Wildman–Crippen MR) is 87.4 cm³/mol. The van der Waals surface area contributed by atoms with Crippen LogP contribution in [0.1, 0.15) is 63.6 Å². The van der Waals surface area contributed by atoms with Gasteiger partial charge < -0.3 is 9.72 Å². The first-order valence-corrected chi connectivity index (χ1v) is 8.63. The van der Waals surface area contributed by atoms with Crippen LogP contribution in [0, 0.1) is 11.8 Å². The molecule has 1 unspecified atom stereocenters. The minimum atomic E-state index is -0.103. The Morgan fingerprint density at radius 3 is 2.57 bits per heavy atom. The van der Waals surface area contributed by atoms with Gasteiger partial charge in [0, 0.05) is 7.11 Å². The number of aromatic amines is 1. The molecule has 5 heteroatoms. The van der Waals surface area contributed by atoms with E-state index in [9.17, 15) is 4.79 Å². The highest BCUT2D eigenvalue weighted by atomic mass is 79.9. The standard InChI is InChI=1S/C16H25BrN2O2/c1-10(2)9-12-13(17)16(20)19-15(18-12)14(21-3)11-7-5-4-6-8-11/h10-11,14H,4-9H2,1-3H3,(H,18,19,20). The van der Waals surface area contributed by atoms with Crippen LogP contribution in [0.2, 0.25) is 0 Å². The number of rotatable bonds is 5. The van der Waals surface area contributed by atoms with Gasteiger partial charge in [0.15, 0.2) is 0 Å². The van der Waals surface area contributed by atoms with Gasteiger partial charge in [0.05, 0.1) is 5.69 Å². The Morgan fingerprint density at radius 1 is 1.33 bits per heavy atom. The van der Waals surface area contributed by atoms with Gasteiger partial charge in [-0.05, 0) is 47.0 Å². The van der Waals surface area contributed by atoms with E-state index in [0.717, 1.165) is 25.0 Å². The van der Waals surface area contributed by atoms with Gasteiger partial charge in [-0.15, -0.1) is 0 Å². The molecule has 0 bridgehead atoms. The van der Waals surface area contributed by atoms with Crippen molar-refractivity contribution in [1.82, 2.24) is 9.97 Å². The molecule has 21 heavy (non-hydrogen) atoms. The van der Waals surface area contributed by atoms with Gasteiger partial charge in [0.2, 0.25) is 0 Å². The molecule has 0 spiro atoms. The smallest absolute Gasteiger partial charge is 0.265 e. The summed E-state index contributed by atoms with van der Waals surface area (Å²) in [6.07, 6.45) is 6.77. The van der Waals surface area contributed by atoms with Crippen LogP contribution in [-0.2, 0) is 11.2 Å². The van der Waals surface area contributed by atoms with E-state index in [1.165, 1.54) is 19.3 Å². The lowest BCUT2D eigenvalue weighted by molar-refractivity contribution is 0.0285. The fourth-order valence-corrected chi connectivity index (χ4v) is 3.50. The predicted octanol–water partition coefficient (Wildman–Crippen LogP) is 4.00. The maximum Gasteiger partial charge on any atom is 0.265 e. The SMILES string of the molecule is COC(c1nc(CC(C)C)c(Br)c(=O)[nH]1)C1CCCCC1. The monoisotopic (exact) mass is 356 g/mol. The van der Waals surface area contributed by atoms with Crippen LogP contribution in [0.3, 0.4) is 0 Å². The molecule has 0 radical (unpaired) electrons. The Hall–Kier alpha value is -0.680. The van der Waals surface area contributed by atoms with E-state index in [4.69, 9.17) is 9.72 Å². The number of H-pyrrole nitrogens is 1. The lowest BCUT2D eigenvalue weighted by Gasteiger charge is -2.28. The van der Waals surface area contributed by atoms with Crippen LogP contribution < -0.4 is 5.56 Å². The van der Waals surface area contributed by atoms with Crippen molar-refractivity contribution < 1.29 is 4.74 Å². The summed E-state index contributed by atoms with van der Waals surface area (Å²) in [6.45, 7) is 4.26. The Labute approximate surface area is 134 Å².